The van der Waals surface area contributed by atoms with E-state index in [0.717, 1.165) is 11.3 Å². The summed E-state index contributed by atoms with van der Waals surface area (Å²) in [5.74, 6) is 1.04. The van der Waals surface area contributed by atoms with Crippen molar-refractivity contribution in [2.24, 2.45) is 0 Å². The second kappa shape index (κ2) is 7.72. The van der Waals surface area contributed by atoms with E-state index in [-0.39, 0.29) is 5.91 Å². The molecule has 0 aliphatic heterocycles. The van der Waals surface area contributed by atoms with Crippen LogP contribution in [0.1, 0.15) is 0 Å². The summed E-state index contributed by atoms with van der Waals surface area (Å²) in [6.07, 6.45) is 0. The topological polar surface area (TPSA) is 51.0 Å². The molecule has 0 radical (unpaired) electrons. The van der Waals surface area contributed by atoms with Crippen LogP contribution in [-0.2, 0) is 4.79 Å². The van der Waals surface area contributed by atoms with Crippen molar-refractivity contribution in [2.45, 2.75) is 5.16 Å². The SMILES string of the molecule is CN(C)C(=O)CSc1nnc(-c2ccc(Cl)cc2)n1-c1ccccc1. The van der Waals surface area contributed by atoms with Gasteiger partial charge in [0.2, 0.25) is 5.91 Å². The van der Waals surface area contributed by atoms with Crippen molar-refractivity contribution in [1.82, 2.24) is 19.7 Å². The normalized spacial score (nSPS) is 10.7. The zero-order chi connectivity index (χ0) is 17.8. The van der Waals surface area contributed by atoms with E-state index in [1.165, 1.54) is 11.8 Å². The predicted molar refractivity (Wildman–Crippen MR) is 101 cm³/mol. The highest BCUT2D eigenvalue weighted by molar-refractivity contribution is 7.99. The number of hydrogen-bond acceptors (Lipinski definition) is 4. The van der Waals surface area contributed by atoms with Crippen molar-refractivity contribution < 1.29 is 4.79 Å². The molecule has 1 heterocycles. The molecule has 2 aromatic carbocycles. The van der Waals surface area contributed by atoms with Crippen molar-refractivity contribution in [2.75, 3.05) is 19.8 Å². The number of para-hydroxylation sites is 1. The van der Waals surface area contributed by atoms with Crippen LogP contribution in [0.2, 0.25) is 5.02 Å². The molecule has 1 aromatic heterocycles. The van der Waals surface area contributed by atoms with Gasteiger partial charge in [-0.25, -0.2) is 0 Å². The van der Waals surface area contributed by atoms with E-state index in [1.54, 1.807) is 19.0 Å². The van der Waals surface area contributed by atoms with E-state index in [9.17, 15) is 4.79 Å². The number of amides is 1. The number of rotatable bonds is 5. The Morgan fingerprint density at radius 2 is 1.76 bits per heavy atom. The number of thioether (sulfide) groups is 1. The molecule has 0 aliphatic carbocycles. The van der Waals surface area contributed by atoms with E-state index < -0.39 is 0 Å². The largest absolute Gasteiger partial charge is 0.348 e. The van der Waals surface area contributed by atoms with Gasteiger partial charge in [-0.05, 0) is 36.4 Å². The third-order valence-electron chi connectivity index (χ3n) is 3.57. The van der Waals surface area contributed by atoms with Crippen LogP contribution in [0.15, 0.2) is 59.8 Å². The predicted octanol–water partition coefficient (Wildman–Crippen LogP) is 3.77. The van der Waals surface area contributed by atoms with E-state index in [4.69, 9.17) is 11.6 Å². The maximum atomic E-state index is 11.9. The Morgan fingerprint density at radius 3 is 2.40 bits per heavy atom. The number of halogens is 1. The van der Waals surface area contributed by atoms with Gasteiger partial charge in [0.05, 0.1) is 5.75 Å². The molecule has 3 aromatic rings. The second-order valence-electron chi connectivity index (χ2n) is 5.56. The first-order valence-electron chi connectivity index (χ1n) is 7.66. The molecule has 25 heavy (non-hydrogen) atoms. The lowest BCUT2D eigenvalue weighted by Gasteiger charge is -2.12. The lowest BCUT2D eigenvalue weighted by atomic mass is 10.2. The average Bonchev–Trinajstić information content (AvgIpc) is 3.04. The minimum Gasteiger partial charge on any atom is -0.348 e. The van der Waals surface area contributed by atoms with Crippen LogP contribution in [0.25, 0.3) is 17.1 Å². The molecule has 0 N–H and O–H groups in total. The number of nitrogens with zero attached hydrogens (tertiary/aromatic N) is 4. The quantitative estimate of drug-likeness (QED) is 0.640. The molecule has 0 saturated carbocycles. The maximum absolute atomic E-state index is 11.9. The van der Waals surface area contributed by atoms with Gasteiger partial charge in [-0.15, -0.1) is 10.2 Å². The number of benzene rings is 2. The zero-order valence-corrected chi connectivity index (χ0v) is 15.5. The number of aromatic nitrogens is 3. The second-order valence-corrected chi connectivity index (χ2v) is 6.94. The molecule has 0 spiro atoms. The lowest BCUT2D eigenvalue weighted by molar-refractivity contribution is -0.125. The Kier molecular flexibility index (Phi) is 5.40. The molecule has 0 atom stereocenters. The van der Waals surface area contributed by atoms with Crippen molar-refractivity contribution in [3.05, 3.63) is 59.6 Å². The van der Waals surface area contributed by atoms with Crippen molar-refractivity contribution >= 4 is 29.3 Å². The zero-order valence-electron chi connectivity index (χ0n) is 13.9. The Hall–Kier alpha value is -2.31. The van der Waals surface area contributed by atoms with Gasteiger partial charge in [0, 0.05) is 30.4 Å². The van der Waals surface area contributed by atoms with Gasteiger partial charge in [-0.2, -0.15) is 0 Å². The summed E-state index contributed by atoms with van der Waals surface area (Å²) < 4.78 is 1.96. The first-order valence-corrected chi connectivity index (χ1v) is 9.02. The Balaban J connectivity index is 2.01. The van der Waals surface area contributed by atoms with Crippen LogP contribution in [0.3, 0.4) is 0 Å². The summed E-state index contributed by atoms with van der Waals surface area (Å²) in [5, 5.41) is 9.97. The van der Waals surface area contributed by atoms with Gasteiger partial charge in [0.15, 0.2) is 11.0 Å². The highest BCUT2D eigenvalue weighted by Crippen LogP contribution is 2.28. The molecule has 0 unspecified atom stereocenters. The fraction of sp³-hybridized carbons (Fsp3) is 0.167. The van der Waals surface area contributed by atoms with Crippen molar-refractivity contribution in [1.29, 1.82) is 0 Å². The Bertz CT molecular complexity index is 863. The first-order chi connectivity index (χ1) is 12.1. The van der Waals surface area contributed by atoms with E-state index in [0.29, 0.717) is 21.8 Å². The van der Waals surface area contributed by atoms with E-state index in [1.807, 2.05) is 59.2 Å². The molecule has 0 saturated heterocycles. The minimum absolute atomic E-state index is 0.0284. The highest BCUT2D eigenvalue weighted by Gasteiger charge is 2.17. The van der Waals surface area contributed by atoms with Crippen LogP contribution in [0, 0.1) is 0 Å². The summed E-state index contributed by atoms with van der Waals surface area (Å²) in [7, 11) is 3.48. The fourth-order valence-corrected chi connectivity index (χ4v) is 3.27. The molecule has 0 bridgehead atoms. The lowest BCUT2D eigenvalue weighted by Crippen LogP contribution is -2.23. The molecular weight excluding hydrogens is 356 g/mol. The standard InChI is InChI=1S/C18H17ClN4OS/c1-22(2)16(24)12-25-18-21-20-17(13-8-10-14(19)11-9-13)23(18)15-6-4-3-5-7-15/h3-11H,12H2,1-2H3. The van der Waals surface area contributed by atoms with Crippen LogP contribution < -0.4 is 0 Å². The molecule has 128 valence electrons. The maximum Gasteiger partial charge on any atom is 0.232 e. The molecule has 3 rings (SSSR count). The summed E-state index contributed by atoms with van der Waals surface area (Å²) in [5.41, 5.74) is 1.85. The fourth-order valence-electron chi connectivity index (χ4n) is 2.21. The van der Waals surface area contributed by atoms with Crippen LogP contribution in [-0.4, -0.2) is 45.4 Å². The minimum atomic E-state index is 0.0284. The smallest absolute Gasteiger partial charge is 0.232 e. The van der Waals surface area contributed by atoms with Gasteiger partial charge < -0.3 is 4.90 Å². The molecule has 0 fully saturated rings. The van der Waals surface area contributed by atoms with E-state index in [2.05, 4.69) is 10.2 Å². The third-order valence-corrected chi connectivity index (χ3v) is 4.74. The van der Waals surface area contributed by atoms with Gasteiger partial charge in [0.25, 0.3) is 0 Å². The third kappa shape index (κ3) is 4.03. The Morgan fingerprint density at radius 1 is 1.08 bits per heavy atom. The van der Waals surface area contributed by atoms with Gasteiger partial charge in [-0.3, -0.25) is 9.36 Å². The van der Waals surface area contributed by atoms with Crippen LogP contribution in [0.4, 0.5) is 0 Å². The molecule has 5 nitrogen and oxygen atoms in total. The summed E-state index contributed by atoms with van der Waals surface area (Å²) in [6, 6.07) is 17.3. The van der Waals surface area contributed by atoms with Crippen LogP contribution >= 0.6 is 23.4 Å². The summed E-state index contributed by atoms with van der Waals surface area (Å²) in [4.78, 5) is 13.5. The molecule has 1 amide bonds. The summed E-state index contributed by atoms with van der Waals surface area (Å²) in [6.45, 7) is 0. The van der Waals surface area contributed by atoms with Gasteiger partial charge in [-0.1, -0.05) is 41.6 Å². The number of hydrogen-bond donors (Lipinski definition) is 0. The molecular formula is C18H17ClN4OS. The van der Waals surface area contributed by atoms with Gasteiger partial charge in [0.1, 0.15) is 0 Å². The molecule has 0 aliphatic rings. The van der Waals surface area contributed by atoms with Crippen molar-refractivity contribution in [3.8, 4) is 17.1 Å². The highest BCUT2D eigenvalue weighted by atomic mass is 35.5. The Labute approximate surface area is 155 Å². The number of carbonyl (C=O) groups excluding carboxylic acids is 1. The van der Waals surface area contributed by atoms with E-state index >= 15 is 0 Å². The van der Waals surface area contributed by atoms with Crippen molar-refractivity contribution in [3.63, 3.8) is 0 Å². The first kappa shape index (κ1) is 17.5. The monoisotopic (exact) mass is 372 g/mol. The number of carbonyl (C=O) groups is 1. The average molecular weight is 373 g/mol. The van der Waals surface area contributed by atoms with Crippen LogP contribution in [0.5, 0.6) is 0 Å². The summed E-state index contributed by atoms with van der Waals surface area (Å²) >= 11 is 7.36. The molecule has 7 heteroatoms. The van der Waals surface area contributed by atoms with Gasteiger partial charge >= 0.3 is 0 Å².